The molecule has 0 aromatic carbocycles. The lowest BCUT2D eigenvalue weighted by atomic mass is 10.3. The van der Waals surface area contributed by atoms with Crippen molar-refractivity contribution in [2.24, 2.45) is 0 Å². The van der Waals surface area contributed by atoms with Gasteiger partial charge in [-0.05, 0) is 12.8 Å². The molecule has 1 aliphatic rings. The highest BCUT2D eigenvalue weighted by molar-refractivity contribution is 4.66. The van der Waals surface area contributed by atoms with E-state index in [0.29, 0.717) is 0 Å². The molecule has 0 bridgehead atoms. The number of nitrogens with one attached hydrogen (secondary N) is 1. The molecular formula is C12H28N2O2. The predicted molar refractivity (Wildman–Crippen MR) is 67.8 cm³/mol. The first kappa shape index (κ1) is 15.8. The van der Waals surface area contributed by atoms with Crippen molar-refractivity contribution >= 4 is 0 Å². The van der Waals surface area contributed by atoms with Crippen LogP contribution in [0.2, 0.25) is 0 Å². The Hall–Kier alpha value is -0.160. The molecule has 0 amide bonds. The summed E-state index contributed by atoms with van der Waals surface area (Å²) in [6.45, 7) is 11.4. The second-order valence-electron chi connectivity index (χ2n) is 3.63. The fraction of sp³-hybridized carbons (Fsp3) is 1.00. The molecule has 2 N–H and O–H groups in total. The largest absolute Gasteiger partial charge is 0.396 e. The number of aliphatic hydroxyl groups excluding tert-OH is 1. The van der Waals surface area contributed by atoms with Crippen LogP contribution in [0.3, 0.4) is 0 Å². The van der Waals surface area contributed by atoms with Gasteiger partial charge in [-0.3, -0.25) is 4.90 Å². The van der Waals surface area contributed by atoms with E-state index < -0.39 is 0 Å². The smallest absolute Gasteiger partial charge is 0.0593 e. The molecule has 0 spiro atoms. The third kappa shape index (κ3) is 9.09. The van der Waals surface area contributed by atoms with Crippen molar-refractivity contribution in [3.05, 3.63) is 0 Å². The molecule has 4 nitrogen and oxygen atoms in total. The highest BCUT2D eigenvalue weighted by atomic mass is 16.5. The number of ether oxygens (including phenoxy) is 1. The summed E-state index contributed by atoms with van der Waals surface area (Å²) < 4.78 is 5.47. The van der Waals surface area contributed by atoms with Crippen LogP contribution in [0.4, 0.5) is 0 Å². The maximum atomic E-state index is 8.56. The summed E-state index contributed by atoms with van der Waals surface area (Å²) in [5.41, 5.74) is 0. The lowest BCUT2D eigenvalue weighted by Gasteiger charge is -2.26. The molecule has 0 aromatic rings. The molecule has 1 rings (SSSR count). The highest BCUT2D eigenvalue weighted by Crippen LogP contribution is 1.93. The van der Waals surface area contributed by atoms with Crippen molar-refractivity contribution < 1.29 is 9.84 Å². The zero-order chi connectivity index (χ0) is 12.1. The molecule has 4 heteroatoms. The van der Waals surface area contributed by atoms with Gasteiger partial charge in [-0.1, -0.05) is 13.8 Å². The zero-order valence-electron chi connectivity index (χ0n) is 10.9. The number of nitrogens with zero attached hydrogens (tertiary/aromatic N) is 1. The van der Waals surface area contributed by atoms with Crippen molar-refractivity contribution in [2.75, 3.05) is 52.5 Å². The molecule has 0 atom stereocenters. The third-order valence-corrected chi connectivity index (χ3v) is 2.46. The summed E-state index contributed by atoms with van der Waals surface area (Å²) in [6.07, 6.45) is 1.83. The molecule has 1 fully saturated rings. The van der Waals surface area contributed by atoms with Crippen LogP contribution in [0.5, 0.6) is 0 Å². The van der Waals surface area contributed by atoms with Gasteiger partial charge in [-0.15, -0.1) is 0 Å². The number of hydrogen-bond donors (Lipinski definition) is 2. The highest BCUT2D eigenvalue weighted by Gasteiger charge is 2.07. The van der Waals surface area contributed by atoms with Crippen molar-refractivity contribution in [3.63, 3.8) is 0 Å². The molecule has 0 aromatic heterocycles. The molecule has 98 valence electrons. The Morgan fingerprint density at radius 2 is 1.81 bits per heavy atom. The summed E-state index contributed by atoms with van der Waals surface area (Å²) in [5, 5.41) is 11.9. The molecule has 1 heterocycles. The van der Waals surface area contributed by atoms with Crippen molar-refractivity contribution in [3.8, 4) is 0 Å². The van der Waals surface area contributed by atoms with Crippen LogP contribution in [0.1, 0.15) is 26.7 Å². The number of hydrogen-bond acceptors (Lipinski definition) is 4. The number of aliphatic hydroxyl groups is 1. The van der Waals surface area contributed by atoms with Gasteiger partial charge in [-0.2, -0.15) is 0 Å². The van der Waals surface area contributed by atoms with E-state index in [9.17, 15) is 0 Å². The van der Waals surface area contributed by atoms with E-state index in [2.05, 4.69) is 10.2 Å². The predicted octanol–water partition coefficient (Wildman–Crippen LogP) is 0.707. The van der Waals surface area contributed by atoms with E-state index in [1.54, 1.807) is 0 Å². The minimum absolute atomic E-state index is 0.279. The molecule has 0 unspecified atom stereocenters. The fourth-order valence-corrected chi connectivity index (χ4v) is 1.55. The van der Waals surface area contributed by atoms with Gasteiger partial charge < -0.3 is 15.2 Å². The van der Waals surface area contributed by atoms with E-state index in [1.165, 1.54) is 0 Å². The Morgan fingerprint density at radius 1 is 1.12 bits per heavy atom. The number of unbranched alkanes of at least 4 members (excludes halogenated alkanes) is 1. The summed E-state index contributed by atoms with van der Waals surface area (Å²) in [7, 11) is 0. The summed E-state index contributed by atoms with van der Waals surface area (Å²) >= 11 is 0. The second-order valence-corrected chi connectivity index (χ2v) is 3.63. The van der Waals surface area contributed by atoms with Gasteiger partial charge in [0.25, 0.3) is 0 Å². The Kier molecular flexibility index (Phi) is 12.8. The van der Waals surface area contributed by atoms with Crippen LogP contribution < -0.4 is 5.32 Å². The van der Waals surface area contributed by atoms with E-state index >= 15 is 0 Å². The van der Waals surface area contributed by atoms with Crippen LogP contribution in [-0.4, -0.2) is 62.6 Å². The summed E-state index contributed by atoms with van der Waals surface area (Å²) in [4.78, 5) is 2.42. The Morgan fingerprint density at radius 3 is 2.44 bits per heavy atom. The Balaban J connectivity index is 0.00000106. The quantitative estimate of drug-likeness (QED) is 0.635. The average molecular weight is 232 g/mol. The minimum atomic E-state index is 0.279. The summed E-state index contributed by atoms with van der Waals surface area (Å²) in [5.74, 6) is 0. The molecule has 1 saturated heterocycles. The molecule has 0 radical (unpaired) electrons. The monoisotopic (exact) mass is 232 g/mol. The van der Waals surface area contributed by atoms with Gasteiger partial charge in [0.15, 0.2) is 0 Å². The molecular weight excluding hydrogens is 204 g/mol. The van der Waals surface area contributed by atoms with Crippen LogP contribution in [-0.2, 0) is 4.74 Å². The van der Waals surface area contributed by atoms with Crippen LogP contribution >= 0.6 is 0 Å². The first-order valence-electron chi connectivity index (χ1n) is 6.55. The van der Waals surface area contributed by atoms with Crippen LogP contribution in [0.15, 0.2) is 0 Å². The standard InChI is InChI=1S/C10H22N2O2.C2H6/c13-8-1-2-9-14-10-7-12-5-3-11-4-6-12;1-2/h11,13H,1-10H2;1-2H3. The normalized spacial score (nSPS) is 16.7. The first-order chi connectivity index (χ1) is 7.93. The molecule has 0 aliphatic carbocycles. The van der Waals surface area contributed by atoms with Crippen molar-refractivity contribution in [1.82, 2.24) is 10.2 Å². The second kappa shape index (κ2) is 12.9. The van der Waals surface area contributed by atoms with Gasteiger partial charge in [0.2, 0.25) is 0 Å². The third-order valence-electron chi connectivity index (χ3n) is 2.46. The molecule has 16 heavy (non-hydrogen) atoms. The molecule has 1 aliphatic heterocycles. The maximum Gasteiger partial charge on any atom is 0.0593 e. The van der Waals surface area contributed by atoms with E-state index in [4.69, 9.17) is 9.84 Å². The van der Waals surface area contributed by atoms with Crippen molar-refractivity contribution in [2.45, 2.75) is 26.7 Å². The Labute approximate surface area is 100.0 Å². The topological polar surface area (TPSA) is 44.7 Å². The Bertz CT molecular complexity index is 128. The van der Waals surface area contributed by atoms with Crippen LogP contribution in [0, 0.1) is 0 Å². The minimum Gasteiger partial charge on any atom is -0.396 e. The maximum absolute atomic E-state index is 8.56. The van der Waals surface area contributed by atoms with Gasteiger partial charge in [0, 0.05) is 45.9 Å². The van der Waals surface area contributed by atoms with Gasteiger partial charge in [0.1, 0.15) is 0 Å². The van der Waals surface area contributed by atoms with Crippen molar-refractivity contribution in [1.29, 1.82) is 0 Å². The summed E-state index contributed by atoms with van der Waals surface area (Å²) in [6, 6.07) is 0. The lowest BCUT2D eigenvalue weighted by Crippen LogP contribution is -2.44. The zero-order valence-corrected chi connectivity index (χ0v) is 10.9. The lowest BCUT2D eigenvalue weighted by molar-refractivity contribution is 0.0937. The van der Waals surface area contributed by atoms with Gasteiger partial charge in [-0.25, -0.2) is 0 Å². The van der Waals surface area contributed by atoms with E-state index in [0.717, 1.165) is 58.8 Å². The van der Waals surface area contributed by atoms with E-state index in [-0.39, 0.29) is 6.61 Å². The van der Waals surface area contributed by atoms with Gasteiger partial charge >= 0.3 is 0 Å². The number of rotatable bonds is 7. The first-order valence-corrected chi connectivity index (χ1v) is 6.55. The molecule has 0 saturated carbocycles. The average Bonchev–Trinajstić information content (AvgIpc) is 2.37. The van der Waals surface area contributed by atoms with E-state index in [1.807, 2.05) is 13.8 Å². The SMILES string of the molecule is CC.OCCCCOCCN1CCNCC1. The van der Waals surface area contributed by atoms with Crippen LogP contribution in [0.25, 0.3) is 0 Å². The van der Waals surface area contributed by atoms with Gasteiger partial charge in [0.05, 0.1) is 6.61 Å². The number of piperazine rings is 1. The fourth-order valence-electron chi connectivity index (χ4n) is 1.55.